The number of hydrazine groups is 1. The quantitative estimate of drug-likeness (QED) is 0.570. The summed E-state index contributed by atoms with van der Waals surface area (Å²) < 4.78 is 0. The molecule has 2 aliphatic carbocycles. The van der Waals surface area contributed by atoms with E-state index in [1.54, 1.807) is 0 Å². The molecule has 0 amide bonds. The van der Waals surface area contributed by atoms with Gasteiger partial charge in [-0.3, -0.25) is 11.3 Å². The van der Waals surface area contributed by atoms with E-state index in [0.29, 0.717) is 11.6 Å². The van der Waals surface area contributed by atoms with E-state index in [2.05, 4.69) is 31.3 Å². The van der Waals surface area contributed by atoms with Gasteiger partial charge in [-0.25, -0.2) is 0 Å². The van der Waals surface area contributed by atoms with E-state index in [-0.39, 0.29) is 0 Å². The summed E-state index contributed by atoms with van der Waals surface area (Å²) in [4.78, 5) is 2.44. The van der Waals surface area contributed by atoms with Gasteiger partial charge in [0.25, 0.3) is 0 Å². The molecule has 0 heterocycles. The molecule has 0 aromatic heterocycles. The highest BCUT2D eigenvalue weighted by molar-refractivity contribution is 5.02. The number of hydrogen-bond acceptors (Lipinski definition) is 3. The molecule has 0 aromatic carbocycles. The van der Waals surface area contributed by atoms with Crippen LogP contribution < -0.4 is 11.3 Å². The van der Waals surface area contributed by atoms with E-state index in [1.807, 2.05) is 0 Å². The van der Waals surface area contributed by atoms with E-state index in [4.69, 9.17) is 5.84 Å². The lowest BCUT2D eigenvalue weighted by Gasteiger charge is -2.49. The first-order valence-electron chi connectivity index (χ1n) is 7.22. The van der Waals surface area contributed by atoms with Crippen molar-refractivity contribution in [2.24, 2.45) is 17.7 Å². The van der Waals surface area contributed by atoms with Gasteiger partial charge in [0, 0.05) is 11.6 Å². The van der Waals surface area contributed by atoms with Crippen LogP contribution in [0.3, 0.4) is 0 Å². The molecule has 100 valence electrons. The van der Waals surface area contributed by atoms with Crippen molar-refractivity contribution in [1.82, 2.24) is 10.3 Å². The van der Waals surface area contributed by atoms with Crippen LogP contribution in [0.15, 0.2) is 0 Å². The van der Waals surface area contributed by atoms with Crippen molar-refractivity contribution in [3.63, 3.8) is 0 Å². The lowest BCUT2D eigenvalue weighted by molar-refractivity contribution is 0.0383. The largest absolute Gasteiger partial charge is 0.302 e. The van der Waals surface area contributed by atoms with E-state index < -0.39 is 0 Å². The van der Waals surface area contributed by atoms with Gasteiger partial charge in [-0.2, -0.15) is 0 Å². The monoisotopic (exact) mass is 239 g/mol. The summed E-state index contributed by atoms with van der Waals surface area (Å²) in [5, 5.41) is 0. The Morgan fingerprint density at radius 1 is 1.24 bits per heavy atom. The van der Waals surface area contributed by atoms with Crippen molar-refractivity contribution in [2.75, 3.05) is 14.1 Å². The number of hydrogen-bond donors (Lipinski definition) is 2. The predicted octanol–water partition coefficient (Wildman–Crippen LogP) is 2.13. The SMILES string of the molecule is CC1CCC(C(CC2CC2)NN)(N(C)C)CC1. The molecular formula is C14H29N3. The molecule has 0 saturated heterocycles. The fourth-order valence-corrected chi connectivity index (χ4v) is 3.50. The fourth-order valence-electron chi connectivity index (χ4n) is 3.50. The molecule has 2 fully saturated rings. The number of likely N-dealkylation sites (N-methyl/N-ethyl adjacent to an activating group) is 1. The van der Waals surface area contributed by atoms with Crippen LogP contribution in [0.25, 0.3) is 0 Å². The van der Waals surface area contributed by atoms with Crippen molar-refractivity contribution >= 4 is 0 Å². The molecular weight excluding hydrogens is 210 g/mol. The maximum absolute atomic E-state index is 5.86. The van der Waals surface area contributed by atoms with Crippen LogP contribution >= 0.6 is 0 Å². The second-order valence-electron chi connectivity index (χ2n) is 6.58. The third kappa shape index (κ3) is 2.83. The van der Waals surface area contributed by atoms with E-state index in [0.717, 1.165) is 11.8 Å². The molecule has 3 N–H and O–H groups in total. The lowest BCUT2D eigenvalue weighted by Crippen LogP contribution is -2.62. The average Bonchev–Trinajstić information content (AvgIpc) is 3.11. The minimum absolute atomic E-state index is 0.295. The van der Waals surface area contributed by atoms with Crippen LogP contribution in [0.5, 0.6) is 0 Å². The summed E-state index contributed by atoms with van der Waals surface area (Å²) in [5.74, 6) is 7.69. The van der Waals surface area contributed by atoms with Gasteiger partial charge in [0.1, 0.15) is 0 Å². The Balaban J connectivity index is 2.07. The smallest absolute Gasteiger partial charge is 0.0397 e. The van der Waals surface area contributed by atoms with E-state index in [1.165, 1.54) is 44.9 Å². The molecule has 0 bridgehead atoms. The highest BCUT2D eigenvalue weighted by Gasteiger charge is 2.44. The van der Waals surface area contributed by atoms with Crippen LogP contribution in [0.1, 0.15) is 51.9 Å². The highest BCUT2D eigenvalue weighted by Crippen LogP contribution is 2.42. The van der Waals surface area contributed by atoms with Gasteiger partial charge in [-0.05, 0) is 58.0 Å². The number of nitrogens with two attached hydrogens (primary N) is 1. The summed E-state index contributed by atoms with van der Waals surface area (Å²) in [7, 11) is 4.46. The van der Waals surface area contributed by atoms with Gasteiger partial charge in [0.2, 0.25) is 0 Å². The van der Waals surface area contributed by atoms with E-state index in [9.17, 15) is 0 Å². The van der Waals surface area contributed by atoms with Crippen LogP contribution in [0, 0.1) is 11.8 Å². The van der Waals surface area contributed by atoms with E-state index >= 15 is 0 Å². The Morgan fingerprint density at radius 2 is 1.82 bits per heavy atom. The van der Waals surface area contributed by atoms with Crippen molar-refractivity contribution in [3.8, 4) is 0 Å². The Bertz CT molecular complexity index is 240. The van der Waals surface area contributed by atoms with Gasteiger partial charge in [0.05, 0.1) is 0 Å². The van der Waals surface area contributed by atoms with Crippen LogP contribution in [0.2, 0.25) is 0 Å². The van der Waals surface area contributed by atoms with Crippen molar-refractivity contribution < 1.29 is 0 Å². The first-order chi connectivity index (χ1) is 8.08. The number of nitrogens with one attached hydrogen (secondary N) is 1. The molecule has 1 unspecified atom stereocenters. The van der Waals surface area contributed by atoms with Gasteiger partial charge < -0.3 is 4.90 Å². The third-order valence-electron chi connectivity index (χ3n) is 5.15. The Kier molecular flexibility index (Phi) is 4.11. The molecule has 1 atom stereocenters. The molecule has 0 aliphatic heterocycles. The molecule has 0 radical (unpaired) electrons. The first kappa shape index (κ1) is 13.3. The molecule has 0 spiro atoms. The zero-order valence-corrected chi connectivity index (χ0v) is 11.7. The highest BCUT2D eigenvalue weighted by atomic mass is 15.3. The molecule has 3 heteroatoms. The summed E-state index contributed by atoms with van der Waals surface area (Å²) in [6.07, 6.45) is 9.38. The van der Waals surface area contributed by atoms with Crippen molar-refractivity contribution in [2.45, 2.75) is 63.5 Å². The maximum atomic E-state index is 5.86. The third-order valence-corrected chi connectivity index (χ3v) is 5.15. The zero-order chi connectivity index (χ0) is 12.5. The molecule has 2 aliphatic rings. The summed E-state index contributed by atoms with van der Waals surface area (Å²) in [5.41, 5.74) is 3.43. The predicted molar refractivity (Wildman–Crippen MR) is 72.5 cm³/mol. The van der Waals surface area contributed by atoms with Gasteiger partial charge in [0.15, 0.2) is 0 Å². The standard InChI is InChI=1S/C14H29N3/c1-11-6-8-14(9-7-11,17(2)3)13(16-15)10-12-4-5-12/h11-13,16H,4-10,15H2,1-3H3. The van der Waals surface area contributed by atoms with Crippen LogP contribution in [0.4, 0.5) is 0 Å². The van der Waals surface area contributed by atoms with Gasteiger partial charge in [-0.1, -0.05) is 19.8 Å². The summed E-state index contributed by atoms with van der Waals surface area (Å²) in [6.45, 7) is 2.38. The second kappa shape index (κ2) is 5.25. The normalized spacial score (nSPS) is 36.2. The number of nitrogens with zero attached hydrogens (tertiary/aromatic N) is 1. The molecule has 3 nitrogen and oxygen atoms in total. The Morgan fingerprint density at radius 3 is 2.24 bits per heavy atom. The fraction of sp³-hybridized carbons (Fsp3) is 1.00. The second-order valence-corrected chi connectivity index (χ2v) is 6.58. The van der Waals surface area contributed by atoms with Crippen molar-refractivity contribution in [1.29, 1.82) is 0 Å². The Labute approximate surface area is 106 Å². The lowest BCUT2D eigenvalue weighted by atomic mass is 9.71. The molecule has 2 rings (SSSR count). The minimum atomic E-state index is 0.295. The minimum Gasteiger partial charge on any atom is -0.302 e. The molecule has 17 heavy (non-hydrogen) atoms. The molecule has 2 saturated carbocycles. The summed E-state index contributed by atoms with van der Waals surface area (Å²) >= 11 is 0. The topological polar surface area (TPSA) is 41.3 Å². The van der Waals surface area contributed by atoms with Gasteiger partial charge in [-0.15, -0.1) is 0 Å². The first-order valence-corrected chi connectivity index (χ1v) is 7.22. The van der Waals surface area contributed by atoms with Crippen LogP contribution in [-0.2, 0) is 0 Å². The number of rotatable bonds is 5. The zero-order valence-electron chi connectivity index (χ0n) is 11.7. The molecule has 0 aromatic rings. The van der Waals surface area contributed by atoms with Gasteiger partial charge >= 0.3 is 0 Å². The summed E-state index contributed by atoms with van der Waals surface area (Å²) in [6, 6.07) is 0.470. The van der Waals surface area contributed by atoms with Crippen molar-refractivity contribution in [3.05, 3.63) is 0 Å². The Hall–Kier alpha value is -0.120. The average molecular weight is 239 g/mol. The maximum Gasteiger partial charge on any atom is 0.0397 e. The van der Waals surface area contributed by atoms with Crippen LogP contribution in [-0.4, -0.2) is 30.6 Å².